The van der Waals surface area contributed by atoms with E-state index in [0.29, 0.717) is 29.0 Å². The number of benzene rings is 1. The van der Waals surface area contributed by atoms with Crippen molar-refractivity contribution in [3.05, 3.63) is 42.7 Å². The Morgan fingerprint density at radius 3 is 2.82 bits per heavy atom. The number of para-hydroxylation sites is 1. The predicted octanol–water partition coefficient (Wildman–Crippen LogP) is 2.72. The Balaban J connectivity index is 2.36. The van der Waals surface area contributed by atoms with Gasteiger partial charge in [0.1, 0.15) is 17.4 Å². The Morgan fingerprint density at radius 2 is 2.18 bits per heavy atom. The minimum absolute atomic E-state index is 0.447. The van der Waals surface area contributed by atoms with Gasteiger partial charge in [0.05, 0.1) is 11.2 Å². The number of pyridine rings is 1. The van der Waals surface area contributed by atoms with Crippen LogP contribution in [0.5, 0.6) is 0 Å². The van der Waals surface area contributed by atoms with Crippen molar-refractivity contribution < 1.29 is 9.90 Å². The van der Waals surface area contributed by atoms with E-state index in [1.165, 1.54) is 0 Å². The summed E-state index contributed by atoms with van der Waals surface area (Å²) in [6.45, 7) is 1.84. The maximum Gasteiger partial charge on any atom is 0.326 e. The summed E-state index contributed by atoms with van der Waals surface area (Å²) in [4.78, 5) is 20.3. The number of imidazole rings is 1. The summed E-state index contributed by atoms with van der Waals surface area (Å²) in [7, 11) is 0. The number of carbonyl (C=O) groups is 1. The molecule has 0 amide bonds. The first kappa shape index (κ1) is 14.1. The van der Waals surface area contributed by atoms with Crippen LogP contribution < -0.4 is 5.73 Å². The van der Waals surface area contributed by atoms with Crippen LogP contribution in [0.4, 0.5) is 5.69 Å². The second-order valence-electron chi connectivity index (χ2n) is 5.02. The Hall–Kier alpha value is -2.89. The molecule has 0 aliphatic carbocycles. The van der Waals surface area contributed by atoms with Crippen LogP contribution in [-0.2, 0) is 4.79 Å². The van der Waals surface area contributed by atoms with E-state index in [-0.39, 0.29) is 0 Å². The molecule has 1 unspecified atom stereocenters. The quantitative estimate of drug-likeness (QED) is 0.722. The summed E-state index contributed by atoms with van der Waals surface area (Å²) in [5, 5.41) is 9.55. The topological polar surface area (TPSA) is 94.0 Å². The van der Waals surface area contributed by atoms with E-state index < -0.39 is 12.0 Å². The minimum atomic E-state index is -0.894. The fourth-order valence-corrected chi connectivity index (χ4v) is 2.62. The summed E-state index contributed by atoms with van der Waals surface area (Å²) in [6.07, 6.45) is 3.78. The SMILES string of the molecule is CCC(C(=O)O)n1c(-c2cccnc2)nc2c(N)cccc21. The molecule has 3 N–H and O–H groups in total. The second kappa shape index (κ2) is 5.48. The van der Waals surface area contributed by atoms with Gasteiger partial charge in [-0.25, -0.2) is 9.78 Å². The third-order valence-corrected chi connectivity index (χ3v) is 3.65. The van der Waals surface area contributed by atoms with Crippen LogP contribution in [0.2, 0.25) is 0 Å². The molecular weight excluding hydrogens is 280 g/mol. The number of aromatic nitrogens is 3. The zero-order chi connectivity index (χ0) is 15.7. The number of rotatable bonds is 4. The number of nitrogen functional groups attached to an aromatic ring is 1. The third kappa shape index (κ3) is 2.18. The second-order valence-corrected chi connectivity index (χ2v) is 5.02. The van der Waals surface area contributed by atoms with E-state index in [1.54, 1.807) is 35.2 Å². The zero-order valence-corrected chi connectivity index (χ0v) is 12.1. The number of nitrogens with zero attached hydrogens (tertiary/aromatic N) is 3. The fourth-order valence-electron chi connectivity index (χ4n) is 2.62. The highest BCUT2D eigenvalue weighted by Crippen LogP contribution is 2.31. The molecule has 0 saturated carbocycles. The van der Waals surface area contributed by atoms with Crippen LogP contribution in [0.1, 0.15) is 19.4 Å². The Morgan fingerprint density at radius 1 is 1.36 bits per heavy atom. The summed E-state index contributed by atoms with van der Waals surface area (Å²) in [5.41, 5.74) is 8.61. The molecule has 0 spiro atoms. The van der Waals surface area contributed by atoms with Crippen LogP contribution >= 0.6 is 0 Å². The largest absolute Gasteiger partial charge is 0.480 e. The lowest BCUT2D eigenvalue weighted by Crippen LogP contribution is -2.19. The Kier molecular flexibility index (Phi) is 3.50. The smallest absolute Gasteiger partial charge is 0.326 e. The van der Waals surface area contributed by atoms with Gasteiger partial charge in [-0.3, -0.25) is 4.98 Å². The van der Waals surface area contributed by atoms with Crippen molar-refractivity contribution >= 4 is 22.7 Å². The summed E-state index contributed by atoms with van der Waals surface area (Å²) in [6, 6.07) is 8.34. The van der Waals surface area contributed by atoms with E-state index in [9.17, 15) is 9.90 Å². The van der Waals surface area contributed by atoms with Gasteiger partial charge in [-0.2, -0.15) is 0 Å². The van der Waals surface area contributed by atoms with Crippen molar-refractivity contribution in [1.29, 1.82) is 0 Å². The number of aliphatic carboxylic acids is 1. The molecule has 0 fully saturated rings. The molecule has 6 nitrogen and oxygen atoms in total. The Bertz CT molecular complexity index is 827. The van der Waals surface area contributed by atoms with E-state index in [2.05, 4.69) is 9.97 Å². The van der Waals surface area contributed by atoms with Crippen molar-refractivity contribution in [2.45, 2.75) is 19.4 Å². The molecule has 0 radical (unpaired) electrons. The van der Waals surface area contributed by atoms with Crippen molar-refractivity contribution in [1.82, 2.24) is 14.5 Å². The zero-order valence-electron chi connectivity index (χ0n) is 12.1. The highest BCUT2D eigenvalue weighted by molar-refractivity contribution is 5.91. The molecule has 0 bridgehead atoms. The molecule has 22 heavy (non-hydrogen) atoms. The molecule has 2 heterocycles. The first-order valence-electron chi connectivity index (χ1n) is 7.03. The van der Waals surface area contributed by atoms with E-state index in [1.807, 2.05) is 19.1 Å². The van der Waals surface area contributed by atoms with E-state index in [0.717, 1.165) is 5.56 Å². The number of fused-ring (bicyclic) bond motifs is 1. The first-order valence-corrected chi connectivity index (χ1v) is 7.03. The molecule has 3 rings (SSSR count). The maximum atomic E-state index is 11.6. The third-order valence-electron chi connectivity index (χ3n) is 3.65. The molecule has 3 aromatic rings. The van der Waals surface area contributed by atoms with Gasteiger partial charge in [-0.05, 0) is 30.7 Å². The monoisotopic (exact) mass is 296 g/mol. The minimum Gasteiger partial charge on any atom is -0.480 e. The molecule has 112 valence electrons. The molecule has 1 atom stereocenters. The normalized spacial score (nSPS) is 12.4. The summed E-state index contributed by atoms with van der Waals surface area (Å²) in [5.74, 6) is -0.329. The molecule has 0 aliphatic rings. The lowest BCUT2D eigenvalue weighted by molar-refractivity contribution is -0.140. The summed E-state index contributed by atoms with van der Waals surface area (Å²) >= 11 is 0. The lowest BCUT2D eigenvalue weighted by atomic mass is 10.2. The van der Waals surface area contributed by atoms with Gasteiger partial charge in [0.2, 0.25) is 0 Å². The predicted molar refractivity (Wildman–Crippen MR) is 84.3 cm³/mol. The first-order chi connectivity index (χ1) is 10.6. The summed E-state index contributed by atoms with van der Waals surface area (Å²) < 4.78 is 1.73. The van der Waals surface area contributed by atoms with Gasteiger partial charge >= 0.3 is 5.97 Å². The lowest BCUT2D eigenvalue weighted by Gasteiger charge is -2.16. The molecule has 2 aromatic heterocycles. The number of carboxylic acids is 1. The van der Waals surface area contributed by atoms with Crippen LogP contribution in [0.3, 0.4) is 0 Å². The van der Waals surface area contributed by atoms with Gasteiger partial charge in [0, 0.05) is 18.0 Å². The van der Waals surface area contributed by atoms with Gasteiger partial charge in [0.15, 0.2) is 0 Å². The van der Waals surface area contributed by atoms with Gasteiger partial charge < -0.3 is 15.4 Å². The van der Waals surface area contributed by atoms with Crippen molar-refractivity contribution in [2.24, 2.45) is 0 Å². The highest BCUT2D eigenvalue weighted by atomic mass is 16.4. The molecular formula is C16H16N4O2. The van der Waals surface area contributed by atoms with Gasteiger partial charge in [0.25, 0.3) is 0 Å². The molecule has 0 aliphatic heterocycles. The average Bonchev–Trinajstić information content (AvgIpc) is 2.90. The van der Waals surface area contributed by atoms with Crippen LogP contribution in [0.25, 0.3) is 22.4 Å². The van der Waals surface area contributed by atoms with Gasteiger partial charge in [-0.1, -0.05) is 13.0 Å². The number of nitrogens with two attached hydrogens (primary N) is 1. The number of carboxylic acid groups (broad SMARTS) is 1. The number of hydrogen-bond donors (Lipinski definition) is 2. The fraction of sp³-hybridized carbons (Fsp3) is 0.188. The van der Waals surface area contributed by atoms with Crippen LogP contribution in [-0.4, -0.2) is 25.6 Å². The van der Waals surface area contributed by atoms with Crippen LogP contribution in [0.15, 0.2) is 42.7 Å². The Labute approximate surface area is 127 Å². The highest BCUT2D eigenvalue weighted by Gasteiger charge is 2.25. The molecule has 6 heteroatoms. The van der Waals surface area contributed by atoms with E-state index >= 15 is 0 Å². The number of anilines is 1. The molecule has 1 aromatic carbocycles. The number of hydrogen-bond acceptors (Lipinski definition) is 4. The standard InChI is InChI=1S/C16H16N4O2/c1-2-12(16(21)22)20-13-7-3-6-11(17)14(13)19-15(20)10-5-4-8-18-9-10/h3-9,12H,2,17H2,1H3,(H,21,22). The average molecular weight is 296 g/mol. The van der Waals surface area contributed by atoms with Crippen molar-refractivity contribution in [3.63, 3.8) is 0 Å². The molecule has 0 saturated heterocycles. The van der Waals surface area contributed by atoms with Crippen molar-refractivity contribution in [2.75, 3.05) is 5.73 Å². The van der Waals surface area contributed by atoms with E-state index in [4.69, 9.17) is 5.73 Å². The van der Waals surface area contributed by atoms with Gasteiger partial charge in [-0.15, -0.1) is 0 Å². The maximum absolute atomic E-state index is 11.6. The van der Waals surface area contributed by atoms with Crippen molar-refractivity contribution in [3.8, 4) is 11.4 Å². The van der Waals surface area contributed by atoms with Crippen LogP contribution in [0, 0.1) is 0 Å².